The van der Waals surface area contributed by atoms with Crippen molar-refractivity contribution in [2.24, 2.45) is 5.10 Å². The summed E-state index contributed by atoms with van der Waals surface area (Å²) in [4.78, 5) is 26.2. The molecule has 2 amide bonds. The van der Waals surface area contributed by atoms with Gasteiger partial charge in [-0.05, 0) is 47.4 Å². The van der Waals surface area contributed by atoms with Gasteiger partial charge in [0.15, 0.2) is 11.5 Å². The normalized spacial score (nSPS) is 12.7. The Labute approximate surface area is 176 Å². The highest BCUT2D eigenvalue weighted by molar-refractivity contribution is 7.11. The van der Waals surface area contributed by atoms with Gasteiger partial charge >= 0.3 is 0 Å². The van der Waals surface area contributed by atoms with E-state index in [0.29, 0.717) is 22.6 Å². The Balaban J connectivity index is 1.56. The van der Waals surface area contributed by atoms with Gasteiger partial charge in [0.25, 0.3) is 11.8 Å². The first kappa shape index (κ1) is 19.4. The minimum absolute atomic E-state index is 0.0473. The maximum absolute atomic E-state index is 12.7. The molecule has 150 valence electrons. The molecular weight excluding hydrogens is 402 g/mol. The summed E-state index contributed by atoms with van der Waals surface area (Å²) in [6, 6.07) is 17.7. The summed E-state index contributed by atoms with van der Waals surface area (Å²) in [6.45, 7) is 0.151. The number of rotatable bonds is 6. The second-order valence-corrected chi connectivity index (χ2v) is 7.18. The molecule has 0 bridgehead atoms. The molecule has 2 heterocycles. The third-order valence-corrected chi connectivity index (χ3v) is 4.94. The fourth-order valence-corrected chi connectivity index (χ4v) is 3.28. The molecule has 1 aliphatic heterocycles. The Morgan fingerprint density at radius 3 is 2.63 bits per heavy atom. The largest absolute Gasteiger partial charge is 0.454 e. The van der Waals surface area contributed by atoms with Gasteiger partial charge in [-0.25, -0.2) is 5.43 Å². The highest BCUT2D eigenvalue weighted by Gasteiger charge is 2.16. The molecule has 2 aromatic carbocycles. The van der Waals surface area contributed by atoms with Gasteiger partial charge in [-0.2, -0.15) is 5.10 Å². The number of hydrogen-bond donors (Lipinski definition) is 2. The number of nitrogens with one attached hydrogen (secondary N) is 2. The van der Waals surface area contributed by atoms with Crippen molar-refractivity contribution in [1.29, 1.82) is 0 Å². The molecule has 0 unspecified atom stereocenters. The number of benzene rings is 2. The molecule has 0 spiro atoms. The zero-order chi connectivity index (χ0) is 20.8. The molecule has 0 radical (unpaired) electrons. The van der Waals surface area contributed by atoms with Crippen LogP contribution < -0.4 is 20.2 Å². The van der Waals surface area contributed by atoms with Crippen LogP contribution in [-0.2, 0) is 4.79 Å². The Bertz CT molecular complexity index is 1110. The average molecular weight is 419 g/mol. The fraction of sp³-hybridized carbons (Fsp3) is 0.0455. The molecule has 7 nitrogen and oxygen atoms in total. The summed E-state index contributed by atoms with van der Waals surface area (Å²) in [5, 5.41) is 8.53. The van der Waals surface area contributed by atoms with Crippen molar-refractivity contribution in [3.63, 3.8) is 0 Å². The maximum atomic E-state index is 12.7. The highest BCUT2D eigenvalue weighted by Crippen LogP contribution is 2.33. The van der Waals surface area contributed by atoms with Crippen LogP contribution in [0, 0.1) is 0 Å². The third kappa shape index (κ3) is 4.73. The molecule has 3 aromatic rings. The summed E-state index contributed by atoms with van der Waals surface area (Å²) < 4.78 is 10.7. The van der Waals surface area contributed by atoms with E-state index in [1.54, 1.807) is 54.8 Å². The quantitative estimate of drug-likeness (QED) is 0.364. The van der Waals surface area contributed by atoms with E-state index >= 15 is 0 Å². The van der Waals surface area contributed by atoms with Crippen LogP contribution in [0.25, 0.3) is 6.08 Å². The Hall–Kier alpha value is -3.91. The van der Waals surface area contributed by atoms with E-state index in [1.165, 1.54) is 11.3 Å². The second kappa shape index (κ2) is 9.06. The number of carbonyl (C=O) groups excluding carboxylic acids is 2. The van der Waals surface area contributed by atoms with E-state index in [4.69, 9.17) is 9.47 Å². The smallest absolute Gasteiger partial charge is 0.287 e. The number of fused-ring (bicyclic) bond motifs is 1. The Morgan fingerprint density at radius 2 is 1.83 bits per heavy atom. The summed E-state index contributed by atoms with van der Waals surface area (Å²) in [5.74, 6) is 0.255. The zero-order valence-electron chi connectivity index (χ0n) is 15.7. The van der Waals surface area contributed by atoms with Crippen molar-refractivity contribution < 1.29 is 19.1 Å². The van der Waals surface area contributed by atoms with Crippen molar-refractivity contribution in [3.8, 4) is 11.5 Å². The van der Waals surface area contributed by atoms with Crippen molar-refractivity contribution in [2.75, 3.05) is 6.79 Å². The first-order valence-corrected chi connectivity index (χ1v) is 9.92. The SMILES string of the molecule is O=C(N/N=C\c1cccs1)/C(=C\c1ccc2c(c1)OCO2)NC(=O)c1ccccc1. The number of ether oxygens (including phenoxy) is 2. The van der Waals surface area contributed by atoms with Gasteiger partial charge in [-0.15, -0.1) is 11.3 Å². The van der Waals surface area contributed by atoms with Crippen LogP contribution >= 0.6 is 11.3 Å². The number of hydrogen-bond acceptors (Lipinski definition) is 6. The van der Waals surface area contributed by atoms with E-state index in [9.17, 15) is 9.59 Å². The van der Waals surface area contributed by atoms with Gasteiger partial charge in [0.1, 0.15) is 5.70 Å². The topological polar surface area (TPSA) is 89.0 Å². The minimum Gasteiger partial charge on any atom is -0.454 e. The van der Waals surface area contributed by atoms with Gasteiger partial charge in [0.2, 0.25) is 6.79 Å². The maximum Gasteiger partial charge on any atom is 0.287 e. The van der Waals surface area contributed by atoms with Crippen LogP contribution in [0.4, 0.5) is 0 Å². The van der Waals surface area contributed by atoms with Crippen LogP contribution in [-0.4, -0.2) is 24.8 Å². The van der Waals surface area contributed by atoms with Crippen molar-refractivity contribution in [2.45, 2.75) is 0 Å². The van der Waals surface area contributed by atoms with E-state index in [2.05, 4.69) is 15.8 Å². The van der Waals surface area contributed by atoms with Gasteiger partial charge in [0.05, 0.1) is 6.21 Å². The molecule has 0 atom stereocenters. The van der Waals surface area contributed by atoms with Crippen LogP contribution in [0.5, 0.6) is 11.5 Å². The number of nitrogens with zero attached hydrogens (tertiary/aromatic N) is 1. The van der Waals surface area contributed by atoms with Crippen LogP contribution in [0.2, 0.25) is 0 Å². The number of amides is 2. The molecule has 0 aliphatic carbocycles. The summed E-state index contributed by atoms with van der Waals surface area (Å²) >= 11 is 1.49. The lowest BCUT2D eigenvalue weighted by molar-refractivity contribution is -0.117. The molecule has 0 fully saturated rings. The molecule has 8 heteroatoms. The predicted molar refractivity (Wildman–Crippen MR) is 115 cm³/mol. The minimum atomic E-state index is -0.551. The standard InChI is InChI=1S/C22H17N3O4S/c26-21(16-5-2-1-3-6-16)24-18(22(27)25-23-13-17-7-4-10-30-17)11-15-8-9-19-20(12-15)29-14-28-19/h1-13H,14H2,(H,24,26)(H,25,27)/b18-11+,23-13-. The number of hydrazone groups is 1. The predicted octanol–water partition coefficient (Wildman–Crippen LogP) is 3.40. The lowest BCUT2D eigenvalue weighted by atomic mass is 10.1. The molecule has 1 aromatic heterocycles. The van der Waals surface area contributed by atoms with Gasteiger partial charge in [-0.1, -0.05) is 30.3 Å². The molecular formula is C22H17N3O4S. The van der Waals surface area contributed by atoms with Gasteiger partial charge in [-0.3, -0.25) is 9.59 Å². The molecule has 2 N–H and O–H groups in total. The number of carbonyl (C=O) groups is 2. The highest BCUT2D eigenvalue weighted by atomic mass is 32.1. The summed E-state index contributed by atoms with van der Waals surface area (Å²) in [5.41, 5.74) is 3.60. The van der Waals surface area contributed by atoms with E-state index in [-0.39, 0.29) is 12.5 Å². The van der Waals surface area contributed by atoms with Crippen LogP contribution in [0.3, 0.4) is 0 Å². The average Bonchev–Trinajstić information content (AvgIpc) is 3.45. The first-order valence-electron chi connectivity index (χ1n) is 9.04. The Morgan fingerprint density at radius 1 is 1.00 bits per heavy atom. The van der Waals surface area contributed by atoms with E-state index in [1.807, 2.05) is 23.6 Å². The molecule has 1 aliphatic rings. The van der Waals surface area contributed by atoms with Crippen LogP contribution in [0.15, 0.2) is 76.8 Å². The lowest BCUT2D eigenvalue weighted by Crippen LogP contribution is -2.32. The van der Waals surface area contributed by atoms with E-state index < -0.39 is 11.8 Å². The Kier molecular flexibility index (Phi) is 5.86. The fourth-order valence-electron chi connectivity index (χ4n) is 2.69. The lowest BCUT2D eigenvalue weighted by Gasteiger charge is -2.09. The number of thiophene rings is 1. The van der Waals surface area contributed by atoms with E-state index in [0.717, 1.165) is 4.88 Å². The first-order chi connectivity index (χ1) is 14.7. The monoisotopic (exact) mass is 419 g/mol. The van der Waals surface area contributed by atoms with Crippen molar-refractivity contribution in [1.82, 2.24) is 10.7 Å². The molecule has 4 rings (SSSR count). The summed E-state index contributed by atoms with van der Waals surface area (Å²) in [6.07, 6.45) is 3.10. The third-order valence-electron chi connectivity index (χ3n) is 4.14. The zero-order valence-corrected chi connectivity index (χ0v) is 16.5. The van der Waals surface area contributed by atoms with Gasteiger partial charge in [0, 0.05) is 10.4 Å². The van der Waals surface area contributed by atoms with Crippen molar-refractivity contribution in [3.05, 3.63) is 87.7 Å². The van der Waals surface area contributed by atoms with Crippen LogP contribution in [0.1, 0.15) is 20.8 Å². The van der Waals surface area contributed by atoms with Gasteiger partial charge < -0.3 is 14.8 Å². The second-order valence-electron chi connectivity index (χ2n) is 6.21. The molecule has 30 heavy (non-hydrogen) atoms. The molecule has 0 saturated heterocycles. The van der Waals surface area contributed by atoms with Crippen molar-refractivity contribution >= 4 is 35.4 Å². The summed E-state index contributed by atoms with van der Waals surface area (Å²) in [7, 11) is 0. The molecule has 0 saturated carbocycles.